The lowest BCUT2D eigenvalue weighted by atomic mass is 10.4. The van der Waals surface area contributed by atoms with Gasteiger partial charge in [-0.05, 0) is 25.6 Å². The largest absolute Gasteiger partial charge is 0.404 e. The molecule has 0 aliphatic rings. The molecule has 0 spiro atoms. The normalized spacial score (nSPS) is 14.6. The van der Waals surface area contributed by atoms with Gasteiger partial charge in [-0.15, -0.1) is 6.42 Å². The van der Waals surface area contributed by atoms with Crippen molar-refractivity contribution < 1.29 is 4.43 Å². The van der Waals surface area contributed by atoms with Gasteiger partial charge in [0, 0.05) is 0 Å². The van der Waals surface area contributed by atoms with Crippen LogP contribution in [0.15, 0.2) is 0 Å². The zero-order valence-electron chi connectivity index (χ0n) is 8.14. The number of hydrogen-bond donors (Lipinski definition) is 0. The Morgan fingerprint density at radius 1 is 1.27 bits per heavy atom. The molecule has 11 heavy (non-hydrogen) atoms. The highest BCUT2D eigenvalue weighted by Crippen LogP contribution is 2.22. The standard InChI is InChI=1S/C9H18OSi/c1-7-9(4)10-11(5,6)8(2)3/h1,8-9H,2-6H3. The van der Waals surface area contributed by atoms with Crippen LogP contribution in [0.1, 0.15) is 20.8 Å². The summed E-state index contributed by atoms with van der Waals surface area (Å²) in [5, 5.41) is 0. The Kier molecular flexibility index (Phi) is 3.84. The van der Waals surface area contributed by atoms with Gasteiger partial charge in [0.05, 0.1) is 0 Å². The summed E-state index contributed by atoms with van der Waals surface area (Å²) >= 11 is 0. The number of hydrogen-bond acceptors (Lipinski definition) is 1. The van der Waals surface area contributed by atoms with Gasteiger partial charge >= 0.3 is 0 Å². The second kappa shape index (κ2) is 3.94. The second-order valence-corrected chi connectivity index (χ2v) is 8.28. The van der Waals surface area contributed by atoms with Gasteiger partial charge in [0.25, 0.3) is 0 Å². The molecule has 0 amide bonds. The average Bonchev–Trinajstić information content (AvgIpc) is 1.86. The van der Waals surface area contributed by atoms with Crippen LogP contribution in [0.5, 0.6) is 0 Å². The van der Waals surface area contributed by atoms with E-state index in [9.17, 15) is 0 Å². The van der Waals surface area contributed by atoms with Gasteiger partial charge in [0.1, 0.15) is 6.10 Å². The van der Waals surface area contributed by atoms with Crippen molar-refractivity contribution in [2.45, 2.75) is 45.5 Å². The third-order valence-electron chi connectivity index (χ3n) is 2.11. The van der Waals surface area contributed by atoms with Crippen LogP contribution in [0.3, 0.4) is 0 Å². The van der Waals surface area contributed by atoms with E-state index >= 15 is 0 Å². The first kappa shape index (κ1) is 10.7. The summed E-state index contributed by atoms with van der Waals surface area (Å²) in [6, 6.07) is 0. The molecule has 0 aromatic rings. The van der Waals surface area contributed by atoms with E-state index in [0.717, 1.165) is 0 Å². The summed E-state index contributed by atoms with van der Waals surface area (Å²) in [7, 11) is -1.51. The maximum atomic E-state index is 5.75. The molecule has 0 aromatic heterocycles. The molecule has 0 aliphatic carbocycles. The second-order valence-electron chi connectivity index (χ2n) is 3.68. The van der Waals surface area contributed by atoms with E-state index in [1.54, 1.807) is 0 Å². The number of terminal acetylenes is 1. The van der Waals surface area contributed by atoms with Crippen LogP contribution in [-0.2, 0) is 4.43 Å². The van der Waals surface area contributed by atoms with E-state index in [-0.39, 0.29) is 6.10 Å². The van der Waals surface area contributed by atoms with Crippen LogP contribution in [-0.4, -0.2) is 14.4 Å². The molecular weight excluding hydrogens is 152 g/mol. The topological polar surface area (TPSA) is 9.23 Å². The minimum atomic E-state index is -1.51. The molecule has 0 N–H and O–H groups in total. The average molecular weight is 170 g/mol. The number of rotatable bonds is 3. The Bertz CT molecular complexity index is 155. The van der Waals surface area contributed by atoms with Crippen molar-refractivity contribution in [1.29, 1.82) is 0 Å². The van der Waals surface area contributed by atoms with Gasteiger partial charge in [-0.3, -0.25) is 0 Å². The predicted octanol–water partition coefficient (Wildman–Crippen LogP) is 2.64. The highest BCUT2D eigenvalue weighted by atomic mass is 28.4. The van der Waals surface area contributed by atoms with Crippen LogP contribution in [0.25, 0.3) is 0 Å². The maximum absolute atomic E-state index is 5.75. The zero-order chi connectivity index (χ0) is 9.07. The Hall–Kier alpha value is -0.263. The van der Waals surface area contributed by atoms with Crippen LogP contribution in [0, 0.1) is 12.3 Å². The van der Waals surface area contributed by atoms with Crippen molar-refractivity contribution in [2.24, 2.45) is 0 Å². The first-order valence-electron chi connectivity index (χ1n) is 4.04. The van der Waals surface area contributed by atoms with Crippen molar-refractivity contribution in [3.8, 4) is 12.3 Å². The lowest BCUT2D eigenvalue weighted by Crippen LogP contribution is -2.37. The summed E-state index contributed by atoms with van der Waals surface area (Å²) in [6.45, 7) is 10.7. The Labute approximate surface area is 71.3 Å². The highest BCUT2D eigenvalue weighted by Gasteiger charge is 2.28. The Balaban J connectivity index is 4.04. The summed E-state index contributed by atoms with van der Waals surface area (Å²) in [5.74, 6) is 2.59. The summed E-state index contributed by atoms with van der Waals surface area (Å²) < 4.78 is 5.75. The Morgan fingerprint density at radius 2 is 1.73 bits per heavy atom. The van der Waals surface area contributed by atoms with Crippen molar-refractivity contribution in [1.82, 2.24) is 0 Å². The lowest BCUT2D eigenvalue weighted by Gasteiger charge is -2.28. The van der Waals surface area contributed by atoms with E-state index < -0.39 is 8.32 Å². The van der Waals surface area contributed by atoms with Gasteiger partial charge in [0.15, 0.2) is 8.32 Å². The van der Waals surface area contributed by atoms with E-state index in [4.69, 9.17) is 10.8 Å². The quantitative estimate of drug-likeness (QED) is 0.467. The van der Waals surface area contributed by atoms with Crippen LogP contribution in [0.2, 0.25) is 18.6 Å². The summed E-state index contributed by atoms with van der Waals surface area (Å²) in [4.78, 5) is 0. The minimum absolute atomic E-state index is 0.0286. The molecule has 0 saturated carbocycles. The molecule has 0 aliphatic heterocycles. The van der Waals surface area contributed by atoms with E-state index in [1.807, 2.05) is 6.92 Å². The molecule has 0 saturated heterocycles. The Morgan fingerprint density at radius 3 is 2.00 bits per heavy atom. The van der Waals surface area contributed by atoms with E-state index in [0.29, 0.717) is 5.54 Å². The van der Waals surface area contributed by atoms with Gasteiger partial charge in [-0.25, -0.2) is 0 Å². The summed E-state index contributed by atoms with van der Waals surface area (Å²) in [5.41, 5.74) is 0.623. The first-order valence-corrected chi connectivity index (χ1v) is 7.02. The summed E-state index contributed by atoms with van der Waals surface area (Å²) in [6.07, 6.45) is 5.20. The molecule has 0 heterocycles. The molecule has 0 bridgehead atoms. The molecule has 0 fully saturated rings. The van der Waals surface area contributed by atoms with Gasteiger partial charge in [-0.1, -0.05) is 19.8 Å². The van der Waals surface area contributed by atoms with Crippen molar-refractivity contribution >= 4 is 8.32 Å². The zero-order valence-corrected chi connectivity index (χ0v) is 9.14. The van der Waals surface area contributed by atoms with Crippen molar-refractivity contribution in [2.75, 3.05) is 0 Å². The van der Waals surface area contributed by atoms with Crippen molar-refractivity contribution in [3.63, 3.8) is 0 Å². The monoisotopic (exact) mass is 170 g/mol. The third kappa shape index (κ3) is 3.59. The fraction of sp³-hybridized carbons (Fsp3) is 0.778. The smallest absolute Gasteiger partial charge is 0.190 e. The minimum Gasteiger partial charge on any atom is -0.404 e. The molecule has 0 radical (unpaired) electrons. The fourth-order valence-electron chi connectivity index (χ4n) is 0.626. The molecular formula is C9H18OSi. The lowest BCUT2D eigenvalue weighted by molar-refractivity contribution is 0.263. The maximum Gasteiger partial charge on any atom is 0.190 e. The highest BCUT2D eigenvalue weighted by molar-refractivity contribution is 6.72. The molecule has 1 atom stereocenters. The van der Waals surface area contributed by atoms with Crippen LogP contribution >= 0.6 is 0 Å². The van der Waals surface area contributed by atoms with E-state index in [1.165, 1.54) is 0 Å². The van der Waals surface area contributed by atoms with Gasteiger partial charge in [0.2, 0.25) is 0 Å². The van der Waals surface area contributed by atoms with Crippen molar-refractivity contribution in [3.05, 3.63) is 0 Å². The molecule has 1 unspecified atom stereocenters. The van der Waals surface area contributed by atoms with Gasteiger partial charge in [-0.2, -0.15) is 0 Å². The predicted molar refractivity (Wildman–Crippen MR) is 52.0 cm³/mol. The third-order valence-corrected chi connectivity index (χ3v) is 5.85. The molecule has 64 valence electrons. The SMILES string of the molecule is C#CC(C)O[Si](C)(C)C(C)C. The van der Waals surface area contributed by atoms with E-state index in [2.05, 4.69) is 32.9 Å². The molecule has 0 aromatic carbocycles. The van der Waals surface area contributed by atoms with Crippen LogP contribution in [0.4, 0.5) is 0 Å². The van der Waals surface area contributed by atoms with Gasteiger partial charge < -0.3 is 4.43 Å². The first-order chi connectivity index (χ1) is 4.90. The molecule has 1 nitrogen and oxygen atoms in total. The fourth-order valence-corrected chi connectivity index (χ4v) is 1.88. The van der Waals surface area contributed by atoms with Crippen LogP contribution < -0.4 is 0 Å². The molecule has 0 rings (SSSR count). The molecule has 2 heteroatoms.